The third-order valence-electron chi connectivity index (χ3n) is 3.62. The maximum absolute atomic E-state index is 12.5. The van der Waals surface area contributed by atoms with Crippen molar-refractivity contribution in [3.05, 3.63) is 42.4 Å². The Morgan fingerprint density at radius 2 is 2.00 bits per heavy atom. The van der Waals surface area contributed by atoms with E-state index in [2.05, 4.69) is 15.3 Å². The number of morpholine rings is 1. The molecule has 1 fully saturated rings. The van der Waals surface area contributed by atoms with Crippen LogP contribution in [-0.2, 0) is 4.74 Å². The number of carbonyl (C=O) groups is 1. The number of aromatic nitrogens is 2. The Balaban J connectivity index is 1.69. The van der Waals surface area contributed by atoms with Gasteiger partial charge in [0.1, 0.15) is 23.6 Å². The molecule has 1 aromatic carbocycles. The zero-order valence-electron chi connectivity index (χ0n) is 13.6. The lowest BCUT2D eigenvalue weighted by atomic mass is 10.3. The van der Waals surface area contributed by atoms with Gasteiger partial charge < -0.3 is 19.7 Å². The first-order valence-electron chi connectivity index (χ1n) is 7.95. The van der Waals surface area contributed by atoms with Crippen LogP contribution in [-0.4, -0.2) is 53.7 Å². The van der Waals surface area contributed by atoms with Crippen LogP contribution in [0.1, 0.15) is 17.4 Å². The Morgan fingerprint density at radius 1 is 1.25 bits per heavy atom. The number of ether oxygens (including phenoxy) is 2. The largest absolute Gasteiger partial charge is 0.494 e. The summed E-state index contributed by atoms with van der Waals surface area (Å²) in [5, 5.41) is 3.17. The van der Waals surface area contributed by atoms with Gasteiger partial charge in [-0.15, -0.1) is 0 Å². The van der Waals surface area contributed by atoms with Crippen LogP contribution in [0.3, 0.4) is 0 Å². The summed E-state index contributed by atoms with van der Waals surface area (Å²) in [6.45, 7) is 4.88. The van der Waals surface area contributed by atoms with Crippen LogP contribution in [0.15, 0.2) is 36.7 Å². The number of rotatable bonds is 5. The molecule has 1 aliphatic heterocycles. The molecule has 0 saturated carbocycles. The van der Waals surface area contributed by atoms with Gasteiger partial charge in [-0.2, -0.15) is 0 Å². The van der Waals surface area contributed by atoms with Crippen molar-refractivity contribution in [3.8, 4) is 5.75 Å². The van der Waals surface area contributed by atoms with Gasteiger partial charge in [-0.3, -0.25) is 4.79 Å². The molecule has 0 atom stereocenters. The Kier molecular flexibility index (Phi) is 5.22. The second kappa shape index (κ2) is 7.74. The fourth-order valence-electron chi connectivity index (χ4n) is 2.42. The molecule has 2 heterocycles. The van der Waals surface area contributed by atoms with Crippen molar-refractivity contribution in [2.75, 3.05) is 38.2 Å². The highest BCUT2D eigenvalue weighted by Gasteiger charge is 2.20. The molecule has 0 unspecified atom stereocenters. The summed E-state index contributed by atoms with van der Waals surface area (Å²) in [4.78, 5) is 22.5. The summed E-state index contributed by atoms with van der Waals surface area (Å²) in [6, 6.07) is 9.22. The molecular formula is C17H20N4O3. The first-order valence-corrected chi connectivity index (χ1v) is 7.95. The monoisotopic (exact) mass is 328 g/mol. The third-order valence-corrected chi connectivity index (χ3v) is 3.62. The summed E-state index contributed by atoms with van der Waals surface area (Å²) >= 11 is 0. The maximum atomic E-state index is 12.5. The van der Waals surface area contributed by atoms with Gasteiger partial charge in [0.15, 0.2) is 0 Å². The number of nitrogens with zero attached hydrogens (tertiary/aromatic N) is 3. The van der Waals surface area contributed by atoms with E-state index in [1.54, 1.807) is 11.0 Å². The Morgan fingerprint density at radius 3 is 2.71 bits per heavy atom. The van der Waals surface area contributed by atoms with Gasteiger partial charge in [-0.1, -0.05) is 0 Å². The highest BCUT2D eigenvalue weighted by Crippen LogP contribution is 2.19. The Hall–Kier alpha value is -2.67. The molecule has 2 aromatic rings. The minimum Gasteiger partial charge on any atom is -0.494 e. The van der Waals surface area contributed by atoms with Crippen molar-refractivity contribution in [2.45, 2.75) is 6.92 Å². The summed E-state index contributed by atoms with van der Waals surface area (Å²) in [6.07, 6.45) is 1.39. The standard InChI is InChI=1S/C17H20N4O3/c1-2-24-14-5-3-13(4-6-14)20-16-11-15(18-12-19-16)17(22)21-7-9-23-10-8-21/h3-6,11-12H,2,7-10H2,1H3,(H,18,19,20). The number of anilines is 2. The summed E-state index contributed by atoms with van der Waals surface area (Å²) in [7, 11) is 0. The molecule has 7 nitrogen and oxygen atoms in total. The van der Waals surface area contributed by atoms with Gasteiger partial charge >= 0.3 is 0 Å². The molecule has 0 radical (unpaired) electrons. The number of hydrogen-bond donors (Lipinski definition) is 1. The fraction of sp³-hybridized carbons (Fsp3) is 0.353. The van der Waals surface area contributed by atoms with Crippen LogP contribution in [0.25, 0.3) is 0 Å². The smallest absolute Gasteiger partial charge is 0.272 e. The van der Waals surface area contributed by atoms with E-state index in [1.807, 2.05) is 31.2 Å². The van der Waals surface area contributed by atoms with Crippen molar-refractivity contribution in [1.29, 1.82) is 0 Å². The van der Waals surface area contributed by atoms with Gasteiger partial charge in [0.2, 0.25) is 0 Å². The van der Waals surface area contributed by atoms with Crippen molar-refractivity contribution in [3.63, 3.8) is 0 Å². The van der Waals surface area contributed by atoms with Crippen molar-refractivity contribution in [1.82, 2.24) is 14.9 Å². The molecule has 0 bridgehead atoms. The second-order valence-corrected chi connectivity index (χ2v) is 5.28. The van der Waals surface area contributed by atoms with Crippen LogP contribution in [0.5, 0.6) is 5.75 Å². The van der Waals surface area contributed by atoms with Crippen LogP contribution >= 0.6 is 0 Å². The predicted octanol–water partition coefficient (Wildman–Crippen LogP) is 2.09. The number of carbonyl (C=O) groups excluding carboxylic acids is 1. The van der Waals surface area contributed by atoms with E-state index in [4.69, 9.17) is 9.47 Å². The first-order chi connectivity index (χ1) is 11.8. The molecule has 7 heteroatoms. The highest BCUT2D eigenvalue weighted by molar-refractivity contribution is 5.93. The van der Waals surface area contributed by atoms with Crippen molar-refractivity contribution >= 4 is 17.4 Å². The van der Waals surface area contributed by atoms with E-state index in [0.717, 1.165) is 11.4 Å². The SMILES string of the molecule is CCOc1ccc(Nc2cc(C(=O)N3CCOCC3)ncn2)cc1. The maximum Gasteiger partial charge on any atom is 0.272 e. The molecule has 126 valence electrons. The number of nitrogens with one attached hydrogen (secondary N) is 1. The van der Waals surface area contributed by atoms with Gasteiger partial charge in [0.05, 0.1) is 19.8 Å². The van der Waals surface area contributed by atoms with E-state index >= 15 is 0 Å². The molecule has 3 rings (SSSR count). The van der Waals surface area contributed by atoms with Crippen molar-refractivity contribution < 1.29 is 14.3 Å². The average molecular weight is 328 g/mol. The average Bonchev–Trinajstić information content (AvgIpc) is 2.64. The summed E-state index contributed by atoms with van der Waals surface area (Å²) in [5.74, 6) is 1.29. The second-order valence-electron chi connectivity index (χ2n) is 5.28. The first kappa shape index (κ1) is 16.2. The molecule has 1 N–H and O–H groups in total. The third kappa shape index (κ3) is 3.99. The molecule has 0 spiro atoms. The van der Waals surface area contributed by atoms with E-state index < -0.39 is 0 Å². The van der Waals surface area contributed by atoms with E-state index in [-0.39, 0.29) is 5.91 Å². The topological polar surface area (TPSA) is 76.6 Å². The lowest BCUT2D eigenvalue weighted by Gasteiger charge is -2.26. The molecule has 1 aromatic heterocycles. The van der Waals surface area contributed by atoms with Gasteiger partial charge in [0, 0.05) is 24.8 Å². The summed E-state index contributed by atoms with van der Waals surface area (Å²) < 4.78 is 10.7. The van der Waals surface area contributed by atoms with Crippen LogP contribution in [0, 0.1) is 0 Å². The van der Waals surface area contributed by atoms with Gasteiger partial charge in [0.25, 0.3) is 5.91 Å². The Labute approximate surface area is 140 Å². The number of hydrogen-bond acceptors (Lipinski definition) is 6. The Bertz CT molecular complexity index is 684. The quantitative estimate of drug-likeness (QED) is 0.906. The summed E-state index contributed by atoms with van der Waals surface area (Å²) in [5.41, 5.74) is 1.24. The normalized spacial score (nSPS) is 14.3. The molecule has 1 saturated heterocycles. The van der Waals surface area contributed by atoms with Crippen LogP contribution in [0.4, 0.5) is 11.5 Å². The molecular weight excluding hydrogens is 308 g/mol. The zero-order valence-corrected chi connectivity index (χ0v) is 13.6. The van der Waals surface area contributed by atoms with Crippen LogP contribution < -0.4 is 10.1 Å². The van der Waals surface area contributed by atoms with E-state index in [0.29, 0.717) is 44.4 Å². The number of amides is 1. The highest BCUT2D eigenvalue weighted by atomic mass is 16.5. The van der Waals surface area contributed by atoms with E-state index in [1.165, 1.54) is 6.33 Å². The molecule has 24 heavy (non-hydrogen) atoms. The fourth-order valence-corrected chi connectivity index (χ4v) is 2.42. The van der Waals surface area contributed by atoms with E-state index in [9.17, 15) is 4.79 Å². The van der Waals surface area contributed by atoms with Crippen molar-refractivity contribution in [2.24, 2.45) is 0 Å². The molecule has 1 aliphatic rings. The zero-order chi connectivity index (χ0) is 16.8. The van der Waals surface area contributed by atoms with Gasteiger partial charge in [-0.25, -0.2) is 9.97 Å². The van der Waals surface area contributed by atoms with Crippen LogP contribution in [0.2, 0.25) is 0 Å². The van der Waals surface area contributed by atoms with Gasteiger partial charge in [-0.05, 0) is 31.2 Å². The molecule has 1 amide bonds. The minimum atomic E-state index is -0.101. The molecule has 0 aliphatic carbocycles. The lowest BCUT2D eigenvalue weighted by Crippen LogP contribution is -2.41. The minimum absolute atomic E-state index is 0.101. The number of benzene rings is 1. The lowest BCUT2D eigenvalue weighted by molar-refractivity contribution is 0.0299. The predicted molar refractivity (Wildman–Crippen MR) is 89.6 cm³/mol.